The van der Waals surface area contributed by atoms with Gasteiger partial charge in [-0.3, -0.25) is 9.69 Å². The molecule has 0 aromatic heterocycles. The molecule has 1 heterocycles. The van der Waals surface area contributed by atoms with Crippen LogP contribution in [0.5, 0.6) is 0 Å². The lowest BCUT2D eigenvalue weighted by molar-refractivity contribution is -0.123. The number of ketones is 1. The Morgan fingerprint density at radius 3 is 2.76 bits per heavy atom. The molecule has 0 aromatic rings. The topological polar surface area (TPSA) is 44.1 Å². The standard InChI is InChI=1S/C14H24N2O/c1-12(17)13-7-4-5-9-16(13)10-6-8-14(2,3)11-15/h13H,4-10H2,1-3H3. The van der Waals surface area contributed by atoms with Crippen molar-refractivity contribution in [3.05, 3.63) is 0 Å². The molecule has 0 amide bonds. The predicted octanol–water partition coefficient (Wildman–Crippen LogP) is 2.76. The molecule has 1 aliphatic heterocycles. The summed E-state index contributed by atoms with van der Waals surface area (Å²) in [4.78, 5) is 13.8. The van der Waals surface area contributed by atoms with Crippen LogP contribution in [0.15, 0.2) is 0 Å². The van der Waals surface area contributed by atoms with Gasteiger partial charge in [0.15, 0.2) is 0 Å². The Morgan fingerprint density at radius 1 is 1.47 bits per heavy atom. The molecule has 17 heavy (non-hydrogen) atoms. The Kier molecular flexibility index (Phi) is 5.14. The van der Waals surface area contributed by atoms with Crippen LogP contribution in [0.3, 0.4) is 0 Å². The number of hydrogen-bond donors (Lipinski definition) is 0. The van der Waals surface area contributed by atoms with Crippen molar-refractivity contribution in [2.24, 2.45) is 5.41 Å². The molecule has 1 unspecified atom stereocenters. The molecular formula is C14H24N2O. The summed E-state index contributed by atoms with van der Waals surface area (Å²) in [6.45, 7) is 7.64. The summed E-state index contributed by atoms with van der Waals surface area (Å²) in [6, 6.07) is 2.46. The summed E-state index contributed by atoms with van der Waals surface area (Å²) in [7, 11) is 0. The van der Waals surface area contributed by atoms with Gasteiger partial charge in [-0.15, -0.1) is 0 Å². The van der Waals surface area contributed by atoms with E-state index in [-0.39, 0.29) is 11.5 Å². The van der Waals surface area contributed by atoms with Gasteiger partial charge in [-0.2, -0.15) is 5.26 Å². The summed E-state index contributed by atoms with van der Waals surface area (Å²) in [6.07, 6.45) is 5.29. The number of rotatable bonds is 5. The van der Waals surface area contributed by atoms with Crippen LogP contribution in [0, 0.1) is 16.7 Å². The lowest BCUT2D eigenvalue weighted by Gasteiger charge is -2.34. The summed E-state index contributed by atoms with van der Waals surface area (Å²) in [5.41, 5.74) is -0.235. The Balaban J connectivity index is 2.39. The van der Waals surface area contributed by atoms with Crippen LogP contribution < -0.4 is 0 Å². The number of likely N-dealkylation sites (tertiary alicyclic amines) is 1. The first-order valence-electron chi connectivity index (χ1n) is 6.62. The molecule has 3 nitrogen and oxygen atoms in total. The molecule has 0 aliphatic carbocycles. The summed E-state index contributed by atoms with van der Waals surface area (Å²) >= 11 is 0. The highest BCUT2D eigenvalue weighted by atomic mass is 16.1. The van der Waals surface area contributed by atoms with Crippen LogP contribution >= 0.6 is 0 Å². The van der Waals surface area contributed by atoms with Gasteiger partial charge in [-0.1, -0.05) is 6.42 Å². The maximum Gasteiger partial charge on any atom is 0.146 e. The smallest absolute Gasteiger partial charge is 0.146 e. The first-order valence-corrected chi connectivity index (χ1v) is 6.62. The van der Waals surface area contributed by atoms with E-state index >= 15 is 0 Å². The number of nitrogens with zero attached hydrogens (tertiary/aromatic N) is 2. The molecule has 3 heteroatoms. The van der Waals surface area contributed by atoms with Crippen LogP contribution in [0.25, 0.3) is 0 Å². The van der Waals surface area contributed by atoms with E-state index in [4.69, 9.17) is 5.26 Å². The average molecular weight is 236 g/mol. The van der Waals surface area contributed by atoms with E-state index in [9.17, 15) is 4.79 Å². The van der Waals surface area contributed by atoms with Crippen LogP contribution in [0.1, 0.15) is 52.9 Å². The highest BCUT2D eigenvalue weighted by Crippen LogP contribution is 2.23. The van der Waals surface area contributed by atoms with Gasteiger partial charge in [0.05, 0.1) is 17.5 Å². The minimum absolute atomic E-state index is 0.133. The van der Waals surface area contributed by atoms with Crippen molar-refractivity contribution in [3.63, 3.8) is 0 Å². The molecule has 1 rings (SSSR count). The third-order valence-corrected chi connectivity index (χ3v) is 3.63. The van der Waals surface area contributed by atoms with Crippen LogP contribution in [-0.2, 0) is 4.79 Å². The summed E-state index contributed by atoms with van der Waals surface area (Å²) < 4.78 is 0. The molecule has 96 valence electrons. The lowest BCUT2D eigenvalue weighted by atomic mass is 9.89. The fraction of sp³-hybridized carbons (Fsp3) is 0.857. The first-order chi connectivity index (χ1) is 7.96. The molecule has 0 saturated carbocycles. The van der Waals surface area contributed by atoms with E-state index in [1.807, 2.05) is 13.8 Å². The zero-order valence-corrected chi connectivity index (χ0v) is 11.3. The zero-order chi connectivity index (χ0) is 12.9. The number of Topliss-reactive ketones (excluding diaryl/α,β-unsaturated/α-hetero) is 1. The van der Waals surface area contributed by atoms with Gasteiger partial charge in [0.1, 0.15) is 5.78 Å². The third-order valence-electron chi connectivity index (χ3n) is 3.63. The minimum atomic E-state index is -0.235. The predicted molar refractivity (Wildman–Crippen MR) is 68.5 cm³/mol. The molecule has 0 radical (unpaired) electrons. The second-order valence-electron chi connectivity index (χ2n) is 5.76. The van der Waals surface area contributed by atoms with Crippen molar-refractivity contribution in [2.75, 3.05) is 13.1 Å². The first kappa shape index (κ1) is 14.2. The molecule has 1 fully saturated rings. The van der Waals surface area contributed by atoms with Crippen LogP contribution in [-0.4, -0.2) is 29.8 Å². The quantitative estimate of drug-likeness (QED) is 0.737. The van der Waals surface area contributed by atoms with Gasteiger partial charge in [0.25, 0.3) is 0 Å². The van der Waals surface area contributed by atoms with E-state index in [0.29, 0.717) is 5.78 Å². The monoisotopic (exact) mass is 236 g/mol. The van der Waals surface area contributed by atoms with Gasteiger partial charge in [0, 0.05) is 0 Å². The average Bonchev–Trinajstić information content (AvgIpc) is 2.29. The highest BCUT2D eigenvalue weighted by molar-refractivity contribution is 5.81. The minimum Gasteiger partial charge on any atom is -0.298 e. The highest BCUT2D eigenvalue weighted by Gasteiger charge is 2.26. The number of hydrogen-bond acceptors (Lipinski definition) is 3. The van der Waals surface area contributed by atoms with Gasteiger partial charge >= 0.3 is 0 Å². The maximum atomic E-state index is 11.5. The Labute approximate surface area is 105 Å². The van der Waals surface area contributed by atoms with E-state index in [1.54, 1.807) is 6.92 Å². The van der Waals surface area contributed by atoms with Crippen molar-refractivity contribution >= 4 is 5.78 Å². The number of piperidine rings is 1. The van der Waals surface area contributed by atoms with Gasteiger partial charge < -0.3 is 0 Å². The Morgan fingerprint density at radius 2 is 2.18 bits per heavy atom. The number of nitriles is 1. The van der Waals surface area contributed by atoms with Crippen LogP contribution in [0.4, 0.5) is 0 Å². The molecule has 0 spiro atoms. The summed E-state index contributed by atoms with van der Waals surface area (Å²) in [5.74, 6) is 0.296. The fourth-order valence-electron chi connectivity index (χ4n) is 2.50. The van der Waals surface area contributed by atoms with Crippen molar-refractivity contribution in [2.45, 2.75) is 58.9 Å². The van der Waals surface area contributed by atoms with Crippen molar-refractivity contribution in [1.29, 1.82) is 5.26 Å². The van der Waals surface area contributed by atoms with Crippen molar-refractivity contribution in [1.82, 2.24) is 4.90 Å². The lowest BCUT2D eigenvalue weighted by Crippen LogP contribution is -2.44. The second-order valence-corrected chi connectivity index (χ2v) is 5.76. The zero-order valence-electron chi connectivity index (χ0n) is 11.3. The Bertz CT molecular complexity index is 304. The third kappa shape index (κ3) is 4.47. The molecular weight excluding hydrogens is 212 g/mol. The molecule has 1 aliphatic rings. The van der Waals surface area contributed by atoms with Crippen molar-refractivity contribution < 1.29 is 4.79 Å². The second kappa shape index (κ2) is 6.16. The molecule has 1 saturated heterocycles. The molecule has 1 atom stereocenters. The van der Waals surface area contributed by atoms with Gasteiger partial charge in [-0.05, 0) is 59.5 Å². The SMILES string of the molecule is CC(=O)C1CCCCN1CCCC(C)(C)C#N. The van der Waals surface area contributed by atoms with Crippen molar-refractivity contribution in [3.8, 4) is 6.07 Å². The fourth-order valence-corrected chi connectivity index (χ4v) is 2.50. The van der Waals surface area contributed by atoms with Gasteiger partial charge in [-0.25, -0.2) is 0 Å². The normalized spacial score (nSPS) is 22.1. The Hall–Kier alpha value is -0.880. The van der Waals surface area contributed by atoms with E-state index in [1.165, 1.54) is 12.8 Å². The van der Waals surface area contributed by atoms with E-state index < -0.39 is 0 Å². The number of carbonyl (C=O) groups is 1. The molecule has 0 bridgehead atoms. The maximum absolute atomic E-state index is 11.5. The molecule has 0 aromatic carbocycles. The largest absolute Gasteiger partial charge is 0.298 e. The number of carbonyl (C=O) groups excluding carboxylic acids is 1. The van der Waals surface area contributed by atoms with Gasteiger partial charge in [0.2, 0.25) is 0 Å². The van der Waals surface area contributed by atoms with E-state index in [2.05, 4.69) is 11.0 Å². The molecule has 0 N–H and O–H groups in total. The van der Waals surface area contributed by atoms with E-state index in [0.717, 1.165) is 32.4 Å². The van der Waals surface area contributed by atoms with Crippen LogP contribution in [0.2, 0.25) is 0 Å². The summed E-state index contributed by atoms with van der Waals surface area (Å²) in [5, 5.41) is 8.95.